The molecule has 0 unspecified atom stereocenters. The lowest BCUT2D eigenvalue weighted by Crippen LogP contribution is -2.22. The molecule has 0 bridgehead atoms. The average molecular weight is 415 g/mol. The van der Waals surface area contributed by atoms with Crippen molar-refractivity contribution in [2.45, 2.75) is 56.5 Å². The molecule has 2 aromatic heterocycles. The Morgan fingerprint density at radius 2 is 1.96 bits per heavy atom. The van der Waals surface area contributed by atoms with Crippen LogP contribution in [0.2, 0.25) is 0 Å². The van der Waals surface area contributed by atoms with E-state index in [9.17, 15) is 0 Å². The lowest BCUT2D eigenvalue weighted by atomic mass is 9.85. The molecule has 2 heterocycles. The number of rotatable bonds is 6. The topological polar surface area (TPSA) is 52.8 Å². The third-order valence-corrected chi connectivity index (χ3v) is 7.23. The summed E-state index contributed by atoms with van der Waals surface area (Å²) in [6, 6.07) is 8.57. The van der Waals surface area contributed by atoms with Gasteiger partial charge in [0.15, 0.2) is 11.0 Å². The average Bonchev–Trinajstić information content (AvgIpc) is 3.33. The van der Waals surface area contributed by atoms with Crippen molar-refractivity contribution in [2.24, 2.45) is 5.92 Å². The lowest BCUT2D eigenvalue weighted by molar-refractivity contribution is 0.247. The number of nitrogens with zero attached hydrogens (tertiary/aromatic N) is 4. The van der Waals surface area contributed by atoms with Crippen LogP contribution in [-0.2, 0) is 5.75 Å². The Bertz CT molecular complexity index is 919. The van der Waals surface area contributed by atoms with E-state index < -0.39 is 0 Å². The first kappa shape index (κ1) is 19.5. The molecule has 0 aliphatic heterocycles. The predicted molar refractivity (Wildman–Crippen MR) is 115 cm³/mol. The van der Waals surface area contributed by atoms with Crippen LogP contribution in [0.25, 0.3) is 11.4 Å². The van der Waals surface area contributed by atoms with Crippen molar-refractivity contribution in [3.8, 4) is 17.1 Å². The van der Waals surface area contributed by atoms with Crippen molar-refractivity contribution in [1.29, 1.82) is 0 Å². The van der Waals surface area contributed by atoms with Crippen LogP contribution < -0.4 is 4.74 Å². The Labute approximate surface area is 174 Å². The molecule has 1 aromatic carbocycles. The van der Waals surface area contributed by atoms with Gasteiger partial charge in [0, 0.05) is 22.7 Å². The summed E-state index contributed by atoms with van der Waals surface area (Å²) in [6.07, 6.45) is 5.04. The summed E-state index contributed by atoms with van der Waals surface area (Å²) in [4.78, 5) is 4.59. The molecule has 4 rings (SSSR count). The normalized spacial score (nSPS) is 19.7. The first-order chi connectivity index (χ1) is 13.7. The summed E-state index contributed by atoms with van der Waals surface area (Å²) < 4.78 is 7.69. The van der Waals surface area contributed by atoms with Crippen molar-refractivity contribution in [3.05, 3.63) is 40.3 Å². The highest BCUT2D eigenvalue weighted by Crippen LogP contribution is 2.39. The van der Waals surface area contributed by atoms with Crippen molar-refractivity contribution in [1.82, 2.24) is 19.7 Å². The fourth-order valence-corrected chi connectivity index (χ4v) is 5.51. The molecule has 1 fully saturated rings. The van der Waals surface area contributed by atoms with Crippen molar-refractivity contribution in [2.75, 3.05) is 7.11 Å². The van der Waals surface area contributed by atoms with Gasteiger partial charge in [-0.05, 0) is 49.9 Å². The summed E-state index contributed by atoms with van der Waals surface area (Å²) >= 11 is 3.44. The molecule has 0 spiro atoms. The second-order valence-electron chi connectivity index (χ2n) is 7.38. The molecule has 0 radical (unpaired) electrons. The van der Waals surface area contributed by atoms with Crippen LogP contribution >= 0.6 is 23.1 Å². The SMILES string of the molecule is COc1ccc(-c2nnc(SCc3csc(C)n3)n2[C@@H]2CCCC[C@@H]2C)cc1. The Kier molecular flexibility index (Phi) is 6.01. The largest absolute Gasteiger partial charge is 0.497 e. The maximum Gasteiger partial charge on any atom is 0.192 e. The van der Waals surface area contributed by atoms with Gasteiger partial charge in [0.05, 0.1) is 17.8 Å². The van der Waals surface area contributed by atoms with E-state index in [1.54, 1.807) is 30.2 Å². The number of thioether (sulfide) groups is 1. The number of aromatic nitrogens is 4. The molecule has 7 heteroatoms. The molecule has 0 amide bonds. The third kappa shape index (κ3) is 4.10. The molecule has 0 saturated heterocycles. The summed E-state index contributed by atoms with van der Waals surface area (Å²) in [7, 11) is 1.69. The maximum absolute atomic E-state index is 5.31. The third-order valence-electron chi connectivity index (χ3n) is 5.43. The monoisotopic (exact) mass is 414 g/mol. The quantitative estimate of drug-likeness (QED) is 0.480. The van der Waals surface area contributed by atoms with E-state index in [4.69, 9.17) is 4.74 Å². The van der Waals surface area contributed by atoms with Crippen molar-refractivity contribution in [3.63, 3.8) is 0 Å². The van der Waals surface area contributed by atoms with Gasteiger partial charge in [-0.15, -0.1) is 21.5 Å². The highest BCUT2D eigenvalue weighted by molar-refractivity contribution is 7.98. The minimum absolute atomic E-state index is 0.445. The van der Waals surface area contributed by atoms with Gasteiger partial charge in [0.1, 0.15) is 5.75 Å². The molecule has 148 valence electrons. The number of hydrogen-bond acceptors (Lipinski definition) is 6. The van der Waals surface area contributed by atoms with Gasteiger partial charge in [-0.1, -0.05) is 31.5 Å². The molecule has 5 nitrogen and oxygen atoms in total. The zero-order valence-corrected chi connectivity index (χ0v) is 18.2. The fraction of sp³-hybridized carbons (Fsp3) is 0.476. The van der Waals surface area contributed by atoms with Crippen LogP contribution in [0.5, 0.6) is 5.75 Å². The summed E-state index contributed by atoms with van der Waals surface area (Å²) in [6.45, 7) is 4.41. The van der Waals surface area contributed by atoms with E-state index in [1.165, 1.54) is 25.7 Å². The molecule has 0 N–H and O–H groups in total. The van der Waals surface area contributed by atoms with Crippen LogP contribution in [0.15, 0.2) is 34.8 Å². The van der Waals surface area contributed by atoms with E-state index in [2.05, 4.69) is 44.2 Å². The number of ether oxygens (including phenoxy) is 1. The standard InChI is InChI=1S/C21H26N4OS2/c1-14-6-4-5-7-19(14)25-20(16-8-10-18(26-3)11-9-16)23-24-21(25)28-13-17-12-27-15(2)22-17/h8-12,14,19H,4-7,13H2,1-3H3/t14-,19+/m0/s1. The van der Waals surface area contributed by atoms with E-state index in [1.807, 2.05) is 19.1 Å². The van der Waals surface area contributed by atoms with Crippen molar-refractivity contribution >= 4 is 23.1 Å². The molecule has 1 aliphatic rings. The predicted octanol–water partition coefficient (Wildman–Crippen LogP) is 5.76. The molecular formula is C21H26N4OS2. The highest BCUT2D eigenvalue weighted by atomic mass is 32.2. The smallest absolute Gasteiger partial charge is 0.192 e. The van der Waals surface area contributed by atoms with E-state index in [0.29, 0.717) is 12.0 Å². The van der Waals surface area contributed by atoms with Crippen LogP contribution in [-0.4, -0.2) is 26.9 Å². The lowest BCUT2D eigenvalue weighted by Gasteiger charge is -2.31. The van der Waals surface area contributed by atoms with Gasteiger partial charge in [-0.25, -0.2) is 4.98 Å². The van der Waals surface area contributed by atoms with Gasteiger partial charge in [-0.3, -0.25) is 4.57 Å². The van der Waals surface area contributed by atoms with E-state index in [0.717, 1.165) is 38.7 Å². The Hall–Kier alpha value is -1.86. The number of thiazole rings is 1. The van der Waals surface area contributed by atoms with Crippen LogP contribution in [0.1, 0.15) is 49.4 Å². The van der Waals surface area contributed by atoms with Gasteiger partial charge >= 0.3 is 0 Å². The number of aryl methyl sites for hydroxylation is 1. The summed E-state index contributed by atoms with van der Waals surface area (Å²) in [5.74, 6) is 3.27. The van der Waals surface area contributed by atoms with Gasteiger partial charge < -0.3 is 4.74 Å². The second-order valence-corrected chi connectivity index (χ2v) is 9.39. The van der Waals surface area contributed by atoms with Crippen LogP contribution in [0, 0.1) is 12.8 Å². The molecule has 1 saturated carbocycles. The van der Waals surface area contributed by atoms with E-state index >= 15 is 0 Å². The fourth-order valence-electron chi connectivity index (χ4n) is 3.90. The van der Waals surface area contributed by atoms with E-state index in [-0.39, 0.29) is 0 Å². The number of benzene rings is 1. The summed E-state index contributed by atoms with van der Waals surface area (Å²) in [5.41, 5.74) is 2.20. The van der Waals surface area contributed by atoms with Crippen LogP contribution in [0.4, 0.5) is 0 Å². The zero-order chi connectivity index (χ0) is 19.5. The first-order valence-corrected chi connectivity index (χ1v) is 11.7. The maximum atomic E-state index is 5.31. The number of hydrogen-bond donors (Lipinski definition) is 0. The Balaban J connectivity index is 1.67. The minimum Gasteiger partial charge on any atom is -0.497 e. The molecule has 28 heavy (non-hydrogen) atoms. The highest BCUT2D eigenvalue weighted by Gasteiger charge is 2.28. The second kappa shape index (κ2) is 8.66. The minimum atomic E-state index is 0.445. The first-order valence-electron chi connectivity index (χ1n) is 9.79. The molecular weight excluding hydrogens is 388 g/mol. The zero-order valence-electron chi connectivity index (χ0n) is 16.6. The number of methoxy groups -OCH3 is 1. The van der Waals surface area contributed by atoms with Crippen molar-refractivity contribution < 1.29 is 4.74 Å². The van der Waals surface area contributed by atoms with Gasteiger partial charge in [0.25, 0.3) is 0 Å². The molecule has 1 aliphatic carbocycles. The Morgan fingerprint density at radius 3 is 2.64 bits per heavy atom. The molecule has 2 atom stereocenters. The molecule has 3 aromatic rings. The summed E-state index contributed by atoms with van der Waals surface area (Å²) in [5, 5.41) is 13.4. The van der Waals surface area contributed by atoms with Crippen LogP contribution in [0.3, 0.4) is 0 Å². The Morgan fingerprint density at radius 1 is 1.18 bits per heavy atom. The van der Waals surface area contributed by atoms with Gasteiger partial charge in [-0.2, -0.15) is 0 Å². The van der Waals surface area contributed by atoms with Gasteiger partial charge in [0.2, 0.25) is 0 Å².